The third-order valence-corrected chi connectivity index (χ3v) is 0.671. The van der Waals surface area contributed by atoms with E-state index in [0.29, 0.717) is 0 Å². The smallest absolute Gasteiger partial charge is 0.424 e. The maximum Gasteiger partial charge on any atom is 3.00 e. The summed E-state index contributed by atoms with van der Waals surface area (Å²) in [6, 6.07) is 0. The van der Waals surface area contributed by atoms with Crippen LogP contribution >= 0.6 is 0 Å². The van der Waals surface area contributed by atoms with E-state index in [1.165, 1.54) is 0 Å². The van der Waals surface area contributed by atoms with Crippen LogP contribution in [0.4, 0.5) is 43.2 Å². The second-order valence-electron chi connectivity index (χ2n) is 3.07. The predicted molar refractivity (Wildman–Crippen MR) is 99.3 cm³/mol. The van der Waals surface area contributed by atoms with E-state index in [2.05, 4.69) is 44.0 Å². The van der Waals surface area contributed by atoms with E-state index >= 15 is 0 Å². The van der Waals surface area contributed by atoms with Crippen molar-refractivity contribution in [3.8, 4) is 0 Å². The zero-order valence-electron chi connectivity index (χ0n) is 22.4. The normalized spacial score (nSPS) is 6.06. The van der Waals surface area contributed by atoms with E-state index in [-0.39, 0.29) is 87.3 Å². The van der Waals surface area contributed by atoms with Crippen LogP contribution in [0.15, 0.2) is 0 Å². The maximum absolute atomic E-state index is 8.78. The molecule has 0 bridgehead atoms. The summed E-state index contributed by atoms with van der Waals surface area (Å²) in [5, 5.41) is 142. The number of hydrogen-bond donors (Lipinski definition) is 9. The molecule has 270 valence electrons. The van der Waals surface area contributed by atoms with E-state index in [1.807, 2.05) is 0 Å². The van der Waals surface area contributed by atoms with Gasteiger partial charge in [0.2, 0.25) is 0 Å². The van der Waals surface area contributed by atoms with Gasteiger partial charge in [-0.1, -0.05) is 0 Å². The molecule has 0 fully saturated rings. The summed E-state index contributed by atoms with van der Waals surface area (Å²) >= 11 is 0. The fourth-order valence-corrected chi connectivity index (χ4v) is 0. The van der Waals surface area contributed by atoms with E-state index in [9.17, 15) is 0 Å². The number of carbonyl (C=O) groups excluding carboxylic acids is 9. The van der Waals surface area contributed by atoms with Crippen LogP contribution in [0.5, 0.6) is 0 Å². The average Bonchev–Trinajstić information content (AvgIpc) is 2.99. The van der Waals surface area contributed by atoms with Crippen molar-refractivity contribution in [3.05, 3.63) is 0 Å². The van der Waals surface area contributed by atoms with Crippen molar-refractivity contribution >= 4 is 113 Å². The Labute approximate surface area is 321 Å². The molecule has 0 aromatic rings. The molecule has 36 nitrogen and oxygen atoms in total. The van der Waals surface area contributed by atoms with Gasteiger partial charge < -0.3 is 133 Å². The van der Waals surface area contributed by atoms with Gasteiger partial charge in [0, 0.05) is 0 Å². The first-order valence-electron chi connectivity index (χ1n) is 7.15. The third kappa shape index (κ3) is 399. The molecule has 49 heavy (non-hydrogen) atoms. The first-order chi connectivity index (χ1) is 20.4. The van der Waals surface area contributed by atoms with Gasteiger partial charge >= 0.3 is 87.3 Å². The molecule has 0 atom stereocenters. The molecule has 0 saturated carbocycles. The molecule has 0 unspecified atom stereocenters. The van der Waals surface area contributed by atoms with Crippen molar-refractivity contribution in [2.45, 2.75) is 0 Å². The molecule has 0 heterocycles. The van der Waals surface area contributed by atoms with Crippen molar-refractivity contribution in [1.29, 1.82) is 0 Å². The first-order valence-corrected chi connectivity index (χ1v) is 7.15. The van der Waals surface area contributed by atoms with Crippen LogP contribution in [0.2, 0.25) is 0 Å². The standard InChI is InChI=1S/9CH2O4.2Al.Mg.Na/c9*2-1(3)5-4;;;;/h9*4H,(H,2,3);;;;/q;;;;;;;;;2*+3;+2;+1/p-9. The summed E-state index contributed by atoms with van der Waals surface area (Å²) in [6.07, 6.45) is -17.5. The Morgan fingerprint density at radius 2 is 0.286 bits per heavy atom. The van der Waals surface area contributed by atoms with Crippen molar-refractivity contribution in [3.63, 3.8) is 0 Å². The monoisotopic (exact) mass is 794 g/mol. The largest absolute Gasteiger partial charge is 3.00 e. The molecule has 40 heteroatoms. The molecule has 9 N–H and O–H groups in total. The Morgan fingerprint density at radius 1 is 0.265 bits per heavy atom. The average molecular weight is 794 g/mol. The van der Waals surface area contributed by atoms with Gasteiger partial charge in [-0.2, -0.15) is 0 Å². The third-order valence-electron chi connectivity index (χ3n) is 0.671. The second-order valence-corrected chi connectivity index (χ2v) is 3.07. The minimum Gasteiger partial charge on any atom is -0.424 e. The summed E-state index contributed by atoms with van der Waals surface area (Å²) in [4.78, 5) is 102. The molecule has 0 rings (SSSR count). The molecule has 0 amide bonds. The molecular weight excluding hydrogens is 785 g/mol. The zero-order valence-corrected chi connectivity index (χ0v) is 28.1. The number of carbonyl (C=O) groups is 9. The van der Waals surface area contributed by atoms with Crippen LogP contribution in [0.25, 0.3) is 0 Å². The number of rotatable bonds is 0. The summed E-state index contributed by atoms with van der Waals surface area (Å²) in [6.45, 7) is 0. The van der Waals surface area contributed by atoms with E-state index in [0.717, 1.165) is 0 Å². The molecule has 0 aromatic carbocycles. The Kier molecular flexibility index (Phi) is 138. The second kappa shape index (κ2) is 79.4. The molecular formula is C9H9Al2MgNaO36. The van der Waals surface area contributed by atoms with Gasteiger partial charge in [0.15, 0.2) is 0 Å². The van der Waals surface area contributed by atoms with Crippen molar-refractivity contribution in [2.75, 3.05) is 0 Å². The number of hydrogen-bond acceptors (Lipinski definition) is 36. The van der Waals surface area contributed by atoms with Crippen LogP contribution in [-0.4, -0.2) is 160 Å². The SMILES string of the molecule is O=C([O-])OO.O=C([O-])OO.O=C([O-])OO.O=C([O-])OO.O=C([O-])OO.O=C([O-])OO.O=C([O-])OO.O=C([O-])OO.O=C([O-])OO.[Al+3].[Al+3].[Mg+2].[Na+]. The summed E-state index contributed by atoms with van der Waals surface area (Å²) < 4.78 is 0. The van der Waals surface area contributed by atoms with E-state index in [4.69, 9.17) is 136 Å². The molecule has 0 spiro atoms. The zero-order chi connectivity index (χ0) is 38.6. The van der Waals surface area contributed by atoms with Crippen LogP contribution < -0.4 is 75.5 Å². The number of carboxylic acid groups (broad SMARTS) is 9. The molecule has 0 aliphatic rings. The molecule has 0 radical (unpaired) electrons. The Balaban J connectivity index is -0.0000000268. The predicted octanol–water partition coefficient (Wildman–Crippen LogP) is -14.8. The van der Waals surface area contributed by atoms with Crippen molar-refractivity contribution in [1.82, 2.24) is 0 Å². The van der Waals surface area contributed by atoms with Gasteiger partial charge in [0.1, 0.15) is 0 Å². The minimum absolute atomic E-state index is 0. The quantitative estimate of drug-likeness (QED) is 0.0476. The van der Waals surface area contributed by atoms with Crippen LogP contribution in [-0.2, 0) is 44.0 Å². The van der Waals surface area contributed by atoms with Gasteiger partial charge in [0.25, 0.3) is 55.4 Å². The van der Waals surface area contributed by atoms with E-state index in [1.54, 1.807) is 0 Å². The first kappa shape index (κ1) is 85.0. The molecule has 0 aliphatic carbocycles. The van der Waals surface area contributed by atoms with Crippen molar-refractivity contribution in [2.24, 2.45) is 0 Å². The maximum atomic E-state index is 8.78. The molecule has 0 saturated heterocycles. The fraction of sp³-hybridized carbons (Fsp3) is 0. The Hall–Kier alpha value is -4.10. The van der Waals surface area contributed by atoms with Gasteiger partial charge in [0.05, 0.1) is 0 Å². The summed E-state index contributed by atoms with van der Waals surface area (Å²) in [7, 11) is 0. The Bertz CT molecular complexity index is 576. The summed E-state index contributed by atoms with van der Waals surface area (Å²) in [5.41, 5.74) is 0. The molecule has 0 aromatic heterocycles. The fourth-order valence-electron chi connectivity index (χ4n) is 0. The van der Waals surface area contributed by atoms with Gasteiger partial charge in [-0.25, -0.2) is 0 Å². The van der Waals surface area contributed by atoms with Crippen molar-refractivity contribution < 1.29 is 210 Å². The van der Waals surface area contributed by atoms with Crippen LogP contribution in [0.3, 0.4) is 0 Å². The van der Waals surface area contributed by atoms with Gasteiger partial charge in [-0.15, -0.1) is 0 Å². The summed E-state index contributed by atoms with van der Waals surface area (Å²) in [5.74, 6) is 0. The minimum atomic E-state index is -1.94. The van der Waals surface area contributed by atoms with Gasteiger partial charge in [-0.05, 0) is 0 Å². The van der Waals surface area contributed by atoms with Crippen LogP contribution in [0.1, 0.15) is 0 Å². The van der Waals surface area contributed by atoms with Gasteiger partial charge in [-0.3, -0.25) is 47.3 Å². The Morgan fingerprint density at radius 3 is 0.286 bits per heavy atom. The van der Waals surface area contributed by atoms with E-state index < -0.39 is 55.4 Å². The van der Waals surface area contributed by atoms with Crippen LogP contribution in [0, 0.1) is 0 Å². The topological polar surface area (TPSA) is 626 Å². The molecule has 0 aliphatic heterocycles.